The third kappa shape index (κ3) is 2.98. The van der Waals surface area contributed by atoms with E-state index in [2.05, 4.69) is 0 Å². The normalized spacial score (nSPS) is 12.9. The number of hydrogen-bond acceptors (Lipinski definition) is 1. The highest BCUT2D eigenvalue weighted by atomic mass is 35.5. The lowest BCUT2D eigenvalue weighted by atomic mass is 10.1. The van der Waals surface area contributed by atoms with Crippen LogP contribution in [0.1, 0.15) is 31.4 Å². The summed E-state index contributed by atoms with van der Waals surface area (Å²) in [5.74, 6) is -0.405. The molecular formula is C10H12ClFO. The molecule has 0 saturated heterocycles. The topological polar surface area (TPSA) is 20.2 Å². The van der Waals surface area contributed by atoms with Crippen LogP contribution in [-0.2, 0) is 0 Å². The van der Waals surface area contributed by atoms with Crippen molar-refractivity contribution >= 4 is 11.6 Å². The van der Waals surface area contributed by atoms with Crippen LogP contribution in [0.25, 0.3) is 0 Å². The molecular weight excluding hydrogens is 191 g/mol. The predicted molar refractivity (Wildman–Crippen MR) is 51.3 cm³/mol. The number of halogens is 2. The Morgan fingerprint density at radius 1 is 1.46 bits per heavy atom. The molecule has 0 spiro atoms. The fraction of sp³-hybridized carbons (Fsp3) is 0.400. The number of aliphatic hydroxyl groups is 1. The van der Waals surface area contributed by atoms with Gasteiger partial charge in [0.2, 0.25) is 0 Å². The van der Waals surface area contributed by atoms with E-state index in [4.69, 9.17) is 11.6 Å². The molecule has 1 aromatic rings. The molecule has 0 unspecified atom stereocenters. The summed E-state index contributed by atoms with van der Waals surface area (Å²) in [6.07, 6.45) is 0.868. The molecule has 0 fully saturated rings. The van der Waals surface area contributed by atoms with E-state index in [1.165, 1.54) is 12.1 Å². The van der Waals surface area contributed by atoms with Gasteiger partial charge in [-0.05, 0) is 30.2 Å². The van der Waals surface area contributed by atoms with Crippen LogP contribution in [0.3, 0.4) is 0 Å². The summed E-state index contributed by atoms with van der Waals surface area (Å²) in [4.78, 5) is 0. The molecule has 0 saturated carbocycles. The molecule has 0 aliphatic heterocycles. The van der Waals surface area contributed by atoms with E-state index < -0.39 is 11.9 Å². The quantitative estimate of drug-likeness (QED) is 0.798. The smallest absolute Gasteiger partial charge is 0.125 e. The molecule has 0 radical (unpaired) electrons. The van der Waals surface area contributed by atoms with Crippen molar-refractivity contribution in [2.24, 2.45) is 0 Å². The van der Waals surface area contributed by atoms with Crippen LogP contribution >= 0.6 is 11.6 Å². The Labute approximate surface area is 82.2 Å². The van der Waals surface area contributed by atoms with Gasteiger partial charge in [-0.15, -0.1) is 0 Å². The first-order chi connectivity index (χ1) is 6.13. The second-order valence-corrected chi connectivity index (χ2v) is 3.44. The molecule has 0 aliphatic carbocycles. The fourth-order valence-electron chi connectivity index (χ4n) is 1.21. The maximum atomic E-state index is 12.8. The lowest BCUT2D eigenvalue weighted by Crippen LogP contribution is -1.97. The Morgan fingerprint density at radius 2 is 2.15 bits per heavy atom. The van der Waals surface area contributed by atoms with Gasteiger partial charge in [-0.25, -0.2) is 4.39 Å². The molecule has 0 aliphatic rings. The Hall–Kier alpha value is -0.600. The van der Waals surface area contributed by atoms with Gasteiger partial charge in [0, 0.05) is 5.02 Å². The molecule has 13 heavy (non-hydrogen) atoms. The van der Waals surface area contributed by atoms with Gasteiger partial charge in [0.05, 0.1) is 6.10 Å². The van der Waals surface area contributed by atoms with Crippen molar-refractivity contribution in [2.45, 2.75) is 25.9 Å². The summed E-state index contributed by atoms with van der Waals surface area (Å²) in [6.45, 7) is 1.96. The summed E-state index contributed by atoms with van der Waals surface area (Å²) < 4.78 is 12.8. The largest absolute Gasteiger partial charge is 0.388 e. The fourth-order valence-corrected chi connectivity index (χ4v) is 1.44. The van der Waals surface area contributed by atoms with E-state index >= 15 is 0 Å². The van der Waals surface area contributed by atoms with Gasteiger partial charge in [0.25, 0.3) is 0 Å². The molecule has 72 valence electrons. The van der Waals surface area contributed by atoms with Crippen molar-refractivity contribution in [3.63, 3.8) is 0 Å². The van der Waals surface area contributed by atoms with E-state index in [0.717, 1.165) is 6.42 Å². The minimum absolute atomic E-state index is 0.324. The van der Waals surface area contributed by atoms with Crippen molar-refractivity contribution in [3.05, 3.63) is 34.6 Å². The summed E-state index contributed by atoms with van der Waals surface area (Å²) in [7, 11) is 0. The van der Waals surface area contributed by atoms with E-state index in [0.29, 0.717) is 17.0 Å². The predicted octanol–water partition coefficient (Wildman–Crippen LogP) is 3.31. The summed E-state index contributed by atoms with van der Waals surface area (Å²) >= 11 is 5.64. The third-order valence-corrected chi connectivity index (χ3v) is 2.05. The van der Waals surface area contributed by atoms with Gasteiger partial charge in [0.15, 0.2) is 0 Å². The van der Waals surface area contributed by atoms with Gasteiger partial charge in [-0.1, -0.05) is 24.9 Å². The van der Waals surface area contributed by atoms with Crippen molar-refractivity contribution < 1.29 is 9.50 Å². The van der Waals surface area contributed by atoms with E-state index in [1.807, 2.05) is 6.92 Å². The van der Waals surface area contributed by atoms with Gasteiger partial charge in [-0.3, -0.25) is 0 Å². The van der Waals surface area contributed by atoms with Gasteiger partial charge < -0.3 is 5.11 Å². The molecule has 1 aromatic carbocycles. The highest BCUT2D eigenvalue weighted by molar-refractivity contribution is 6.30. The highest BCUT2D eigenvalue weighted by Crippen LogP contribution is 2.22. The van der Waals surface area contributed by atoms with Gasteiger partial charge in [-0.2, -0.15) is 0 Å². The second kappa shape index (κ2) is 4.58. The lowest BCUT2D eigenvalue weighted by Gasteiger charge is -2.09. The zero-order valence-electron chi connectivity index (χ0n) is 7.43. The average Bonchev–Trinajstić information content (AvgIpc) is 2.03. The first kappa shape index (κ1) is 10.5. The van der Waals surface area contributed by atoms with Crippen LogP contribution < -0.4 is 0 Å². The van der Waals surface area contributed by atoms with Crippen molar-refractivity contribution in [2.75, 3.05) is 0 Å². The molecule has 0 heterocycles. The molecule has 1 rings (SSSR count). The average molecular weight is 203 g/mol. The van der Waals surface area contributed by atoms with Crippen LogP contribution in [0.2, 0.25) is 5.02 Å². The first-order valence-electron chi connectivity index (χ1n) is 4.27. The third-order valence-electron chi connectivity index (χ3n) is 1.83. The lowest BCUT2D eigenvalue weighted by molar-refractivity contribution is 0.166. The number of rotatable bonds is 3. The monoisotopic (exact) mass is 202 g/mol. The minimum atomic E-state index is -0.613. The van der Waals surface area contributed by atoms with E-state index in [9.17, 15) is 9.50 Å². The Morgan fingerprint density at radius 3 is 2.69 bits per heavy atom. The van der Waals surface area contributed by atoms with Gasteiger partial charge in [0.1, 0.15) is 5.82 Å². The standard InChI is InChI=1S/C10H12ClFO/c1-2-3-10(13)7-4-8(11)6-9(12)5-7/h4-6,10,13H,2-3H2,1H3/t10-/m1/s1. The van der Waals surface area contributed by atoms with Crippen LogP contribution in [-0.4, -0.2) is 5.11 Å². The molecule has 1 N–H and O–H groups in total. The van der Waals surface area contributed by atoms with Crippen molar-refractivity contribution in [1.29, 1.82) is 0 Å². The Balaban J connectivity index is 2.87. The Bertz CT molecular complexity index is 268. The maximum Gasteiger partial charge on any atom is 0.125 e. The van der Waals surface area contributed by atoms with Gasteiger partial charge >= 0.3 is 0 Å². The molecule has 0 aromatic heterocycles. The Kier molecular flexibility index (Phi) is 3.70. The molecule has 3 heteroatoms. The summed E-state index contributed by atoms with van der Waals surface area (Å²) in [6, 6.07) is 4.13. The summed E-state index contributed by atoms with van der Waals surface area (Å²) in [5, 5.41) is 9.87. The van der Waals surface area contributed by atoms with E-state index in [-0.39, 0.29) is 0 Å². The molecule has 0 bridgehead atoms. The molecule has 0 amide bonds. The first-order valence-corrected chi connectivity index (χ1v) is 4.65. The highest BCUT2D eigenvalue weighted by Gasteiger charge is 2.08. The zero-order chi connectivity index (χ0) is 9.84. The second-order valence-electron chi connectivity index (χ2n) is 3.01. The van der Waals surface area contributed by atoms with Crippen LogP contribution in [0.5, 0.6) is 0 Å². The minimum Gasteiger partial charge on any atom is -0.388 e. The van der Waals surface area contributed by atoms with Crippen LogP contribution in [0.4, 0.5) is 4.39 Å². The SMILES string of the molecule is CCC[C@@H](O)c1cc(F)cc(Cl)c1. The molecule has 1 nitrogen and oxygen atoms in total. The van der Waals surface area contributed by atoms with Crippen molar-refractivity contribution in [3.8, 4) is 0 Å². The van der Waals surface area contributed by atoms with Crippen molar-refractivity contribution in [1.82, 2.24) is 0 Å². The van der Waals surface area contributed by atoms with Crippen LogP contribution in [0.15, 0.2) is 18.2 Å². The number of aliphatic hydroxyl groups excluding tert-OH is 1. The number of hydrogen-bond donors (Lipinski definition) is 1. The zero-order valence-corrected chi connectivity index (χ0v) is 8.18. The van der Waals surface area contributed by atoms with E-state index in [1.54, 1.807) is 6.07 Å². The molecule has 1 atom stereocenters. The summed E-state index contributed by atoms with van der Waals surface area (Å²) in [5.41, 5.74) is 0.548. The number of benzene rings is 1. The van der Waals surface area contributed by atoms with Crippen LogP contribution in [0, 0.1) is 5.82 Å². The maximum absolute atomic E-state index is 12.8.